The lowest BCUT2D eigenvalue weighted by molar-refractivity contribution is 0.386. The highest BCUT2D eigenvalue weighted by molar-refractivity contribution is 8.02. The first kappa shape index (κ1) is 15.4. The summed E-state index contributed by atoms with van der Waals surface area (Å²) in [4.78, 5) is 6.45. The molecule has 3 heterocycles. The summed E-state index contributed by atoms with van der Waals surface area (Å²) in [7, 11) is 1.46. The Morgan fingerprint density at radius 2 is 2.17 bits per heavy atom. The fourth-order valence-corrected chi connectivity index (χ4v) is 3.78. The predicted octanol–water partition coefficient (Wildman–Crippen LogP) is 4.64. The third-order valence-electron chi connectivity index (χ3n) is 3.87. The molecule has 2 aromatic heterocycles. The van der Waals surface area contributed by atoms with E-state index in [0.29, 0.717) is 10.9 Å². The van der Waals surface area contributed by atoms with Gasteiger partial charge in [0.2, 0.25) is 0 Å². The molecule has 1 aliphatic rings. The van der Waals surface area contributed by atoms with Crippen LogP contribution >= 0.6 is 23.4 Å². The summed E-state index contributed by atoms with van der Waals surface area (Å²) in [5, 5.41) is 2.68. The van der Waals surface area contributed by atoms with Crippen LogP contribution in [0.5, 0.6) is 5.75 Å². The van der Waals surface area contributed by atoms with Crippen LogP contribution in [0.3, 0.4) is 0 Å². The maximum atomic E-state index is 14.1. The van der Waals surface area contributed by atoms with Crippen molar-refractivity contribution in [2.45, 2.75) is 0 Å². The first-order valence-corrected chi connectivity index (χ1v) is 8.66. The SMILES string of the molecule is COc1ccc(N2CSC=C2c2cnc3ccc(Cl)cn23)cc1F. The number of methoxy groups -OCH3 is 1. The first-order valence-electron chi connectivity index (χ1n) is 7.23. The van der Waals surface area contributed by atoms with Crippen molar-refractivity contribution in [3.8, 4) is 5.75 Å². The topological polar surface area (TPSA) is 29.8 Å². The van der Waals surface area contributed by atoms with Gasteiger partial charge in [-0.2, -0.15) is 0 Å². The largest absolute Gasteiger partial charge is 0.494 e. The summed E-state index contributed by atoms with van der Waals surface area (Å²) in [5.41, 5.74) is 3.45. The van der Waals surface area contributed by atoms with Gasteiger partial charge < -0.3 is 9.64 Å². The Labute approximate surface area is 147 Å². The molecule has 4 nitrogen and oxygen atoms in total. The van der Waals surface area contributed by atoms with Crippen LogP contribution in [-0.4, -0.2) is 22.4 Å². The minimum Gasteiger partial charge on any atom is -0.494 e. The van der Waals surface area contributed by atoms with E-state index in [1.165, 1.54) is 13.2 Å². The number of fused-ring (bicyclic) bond motifs is 1. The predicted molar refractivity (Wildman–Crippen MR) is 96.1 cm³/mol. The Bertz CT molecular complexity index is 956. The second kappa shape index (κ2) is 6.03. The van der Waals surface area contributed by atoms with Crippen molar-refractivity contribution in [2.75, 3.05) is 17.9 Å². The Morgan fingerprint density at radius 3 is 2.96 bits per heavy atom. The molecule has 0 saturated carbocycles. The zero-order valence-corrected chi connectivity index (χ0v) is 14.3. The number of benzene rings is 1. The summed E-state index contributed by atoms with van der Waals surface area (Å²) in [5.74, 6) is 0.555. The monoisotopic (exact) mass is 361 g/mol. The van der Waals surface area contributed by atoms with Crippen molar-refractivity contribution in [2.24, 2.45) is 0 Å². The van der Waals surface area contributed by atoms with Gasteiger partial charge in [-0.15, -0.1) is 11.8 Å². The van der Waals surface area contributed by atoms with E-state index in [1.807, 2.05) is 39.1 Å². The molecule has 0 fully saturated rings. The lowest BCUT2D eigenvalue weighted by Gasteiger charge is -2.22. The van der Waals surface area contributed by atoms with Crippen LogP contribution in [0.4, 0.5) is 10.1 Å². The average molecular weight is 362 g/mol. The fraction of sp³-hybridized carbons (Fsp3) is 0.118. The molecule has 1 aromatic carbocycles. The molecule has 0 aliphatic carbocycles. The minimum atomic E-state index is -0.382. The van der Waals surface area contributed by atoms with Gasteiger partial charge in [-0.25, -0.2) is 9.37 Å². The van der Waals surface area contributed by atoms with Crippen LogP contribution in [-0.2, 0) is 0 Å². The average Bonchev–Trinajstić information content (AvgIpc) is 3.20. The molecular weight excluding hydrogens is 349 g/mol. The maximum Gasteiger partial charge on any atom is 0.167 e. The Balaban J connectivity index is 1.77. The van der Waals surface area contributed by atoms with E-state index in [-0.39, 0.29) is 11.6 Å². The molecule has 1 aliphatic heterocycles. The molecule has 0 atom stereocenters. The van der Waals surface area contributed by atoms with Gasteiger partial charge in [0.1, 0.15) is 5.65 Å². The lowest BCUT2D eigenvalue weighted by atomic mass is 10.2. The van der Waals surface area contributed by atoms with E-state index < -0.39 is 0 Å². The molecule has 122 valence electrons. The number of ether oxygens (including phenoxy) is 1. The van der Waals surface area contributed by atoms with Crippen molar-refractivity contribution >= 4 is 40.4 Å². The number of thioether (sulfide) groups is 1. The molecule has 0 spiro atoms. The second-order valence-electron chi connectivity index (χ2n) is 5.26. The highest BCUT2D eigenvalue weighted by Crippen LogP contribution is 2.37. The Kier molecular flexibility index (Phi) is 3.86. The highest BCUT2D eigenvalue weighted by Gasteiger charge is 2.23. The molecule has 0 amide bonds. The number of anilines is 1. The summed E-state index contributed by atoms with van der Waals surface area (Å²) in [6.07, 6.45) is 3.63. The third-order valence-corrected chi connectivity index (χ3v) is 4.89. The van der Waals surface area contributed by atoms with Crippen LogP contribution in [0.25, 0.3) is 11.3 Å². The summed E-state index contributed by atoms with van der Waals surface area (Å²) < 4.78 is 21.0. The standard InChI is InChI=1S/C17H13ClFN3OS/c1-23-16-4-3-12(6-13(16)19)22-10-24-9-15(22)14-7-20-17-5-2-11(18)8-21(14)17/h2-9H,10H2,1H3. The molecule has 3 aromatic rings. The third kappa shape index (κ3) is 2.52. The van der Waals surface area contributed by atoms with Crippen LogP contribution < -0.4 is 9.64 Å². The molecule has 0 N–H and O–H groups in total. The molecule has 0 radical (unpaired) electrons. The van der Waals surface area contributed by atoms with E-state index in [2.05, 4.69) is 4.98 Å². The van der Waals surface area contributed by atoms with Crippen molar-refractivity contribution in [1.82, 2.24) is 9.38 Å². The molecular formula is C17H13ClFN3OS. The smallest absolute Gasteiger partial charge is 0.167 e. The fourth-order valence-electron chi connectivity index (χ4n) is 2.70. The van der Waals surface area contributed by atoms with E-state index >= 15 is 0 Å². The zero-order chi connectivity index (χ0) is 16.7. The van der Waals surface area contributed by atoms with Crippen molar-refractivity contribution < 1.29 is 9.13 Å². The van der Waals surface area contributed by atoms with Gasteiger partial charge in [-0.05, 0) is 29.7 Å². The van der Waals surface area contributed by atoms with Crippen LogP contribution in [0.2, 0.25) is 5.02 Å². The quantitative estimate of drug-likeness (QED) is 0.679. The number of hydrogen-bond acceptors (Lipinski definition) is 4. The Morgan fingerprint density at radius 1 is 1.29 bits per heavy atom. The normalized spacial score (nSPS) is 14.3. The number of pyridine rings is 1. The molecule has 4 rings (SSSR count). The van der Waals surface area contributed by atoms with Gasteiger partial charge >= 0.3 is 0 Å². The Hall–Kier alpha value is -2.18. The van der Waals surface area contributed by atoms with Crippen LogP contribution in [0.15, 0.2) is 48.1 Å². The molecule has 0 unspecified atom stereocenters. The number of hydrogen-bond donors (Lipinski definition) is 0. The van der Waals surface area contributed by atoms with Crippen molar-refractivity contribution in [1.29, 1.82) is 0 Å². The number of rotatable bonds is 3. The van der Waals surface area contributed by atoms with Crippen LogP contribution in [0, 0.1) is 5.82 Å². The number of aromatic nitrogens is 2. The van der Waals surface area contributed by atoms with Crippen LogP contribution in [0.1, 0.15) is 5.69 Å². The van der Waals surface area contributed by atoms with Crippen molar-refractivity contribution in [3.05, 3.63) is 64.7 Å². The minimum absolute atomic E-state index is 0.234. The number of nitrogens with zero attached hydrogens (tertiary/aromatic N) is 3. The van der Waals surface area contributed by atoms with Gasteiger partial charge in [0.25, 0.3) is 0 Å². The summed E-state index contributed by atoms with van der Waals surface area (Å²) in [6, 6.07) is 8.64. The molecule has 24 heavy (non-hydrogen) atoms. The van der Waals surface area contributed by atoms with Gasteiger partial charge in [0.05, 0.1) is 35.6 Å². The first-order chi connectivity index (χ1) is 11.7. The molecule has 0 bridgehead atoms. The highest BCUT2D eigenvalue weighted by atomic mass is 35.5. The van der Waals surface area contributed by atoms with Gasteiger partial charge in [0, 0.05) is 18.0 Å². The van der Waals surface area contributed by atoms with E-state index in [0.717, 1.165) is 22.7 Å². The maximum absolute atomic E-state index is 14.1. The van der Waals surface area contributed by atoms with E-state index in [9.17, 15) is 4.39 Å². The number of imidazole rings is 1. The van der Waals surface area contributed by atoms with E-state index in [1.54, 1.807) is 24.0 Å². The van der Waals surface area contributed by atoms with Gasteiger partial charge in [-0.3, -0.25) is 4.40 Å². The summed E-state index contributed by atoms with van der Waals surface area (Å²) >= 11 is 7.76. The number of halogens is 2. The lowest BCUT2D eigenvalue weighted by Crippen LogP contribution is -2.18. The van der Waals surface area contributed by atoms with Gasteiger partial charge in [-0.1, -0.05) is 11.6 Å². The van der Waals surface area contributed by atoms with E-state index in [4.69, 9.17) is 16.3 Å². The summed E-state index contributed by atoms with van der Waals surface area (Å²) in [6.45, 7) is 0. The van der Waals surface area contributed by atoms with Gasteiger partial charge in [0.15, 0.2) is 11.6 Å². The molecule has 7 heteroatoms. The second-order valence-corrected chi connectivity index (χ2v) is 6.53. The zero-order valence-electron chi connectivity index (χ0n) is 12.7. The molecule has 0 saturated heterocycles. The van der Waals surface area contributed by atoms with Crippen molar-refractivity contribution in [3.63, 3.8) is 0 Å².